The van der Waals surface area contributed by atoms with E-state index in [1.54, 1.807) is 37.4 Å². The second-order valence-corrected chi connectivity index (χ2v) is 9.34. The van der Waals surface area contributed by atoms with Gasteiger partial charge in [0.15, 0.2) is 5.13 Å². The Morgan fingerprint density at radius 3 is 2.48 bits per heavy atom. The number of aliphatic hydroxyl groups is 1. The molecule has 4 aromatic rings. The second-order valence-electron chi connectivity index (χ2n) is 7.42. The molecule has 1 aromatic heterocycles. The molecule has 8 heteroatoms. The number of nitrogens with zero attached hydrogens (tertiary/aromatic N) is 2. The molecule has 0 spiro atoms. The third-order valence-electron chi connectivity index (χ3n) is 5.47. The van der Waals surface area contributed by atoms with Gasteiger partial charge in [0.05, 0.1) is 28.9 Å². The van der Waals surface area contributed by atoms with Gasteiger partial charge in [-0.2, -0.15) is 0 Å². The van der Waals surface area contributed by atoms with Gasteiger partial charge in [0, 0.05) is 10.0 Å². The lowest BCUT2D eigenvalue weighted by atomic mass is 9.95. The summed E-state index contributed by atoms with van der Waals surface area (Å²) in [6, 6.07) is 20.7. The van der Waals surface area contributed by atoms with Crippen LogP contribution in [0.2, 0.25) is 0 Å². The number of anilines is 1. The number of carbonyl (C=O) groups is 2. The maximum atomic E-state index is 13.3. The van der Waals surface area contributed by atoms with E-state index in [4.69, 9.17) is 4.74 Å². The van der Waals surface area contributed by atoms with Crippen molar-refractivity contribution in [3.8, 4) is 5.75 Å². The van der Waals surface area contributed by atoms with Crippen molar-refractivity contribution >= 4 is 60.1 Å². The van der Waals surface area contributed by atoms with Crippen molar-refractivity contribution in [2.24, 2.45) is 0 Å². The van der Waals surface area contributed by atoms with E-state index in [2.05, 4.69) is 20.9 Å². The van der Waals surface area contributed by atoms with Crippen LogP contribution in [0, 0.1) is 0 Å². The topological polar surface area (TPSA) is 79.7 Å². The summed E-state index contributed by atoms with van der Waals surface area (Å²) in [5.74, 6) is -1.02. The zero-order valence-electron chi connectivity index (χ0n) is 17.4. The number of aliphatic hydroxyl groups excluding tert-OH is 1. The molecule has 1 aliphatic heterocycles. The van der Waals surface area contributed by atoms with Crippen molar-refractivity contribution in [1.29, 1.82) is 0 Å². The number of hydrogen-bond acceptors (Lipinski definition) is 6. The number of benzene rings is 3. The normalized spacial score (nSPS) is 17.6. The third kappa shape index (κ3) is 3.71. The summed E-state index contributed by atoms with van der Waals surface area (Å²) in [5.41, 5.74) is 1.87. The van der Waals surface area contributed by atoms with Crippen molar-refractivity contribution in [1.82, 2.24) is 4.98 Å². The van der Waals surface area contributed by atoms with Gasteiger partial charge in [0.25, 0.3) is 5.78 Å². The lowest BCUT2D eigenvalue weighted by Gasteiger charge is -2.23. The maximum absolute atomic E-state index is 13.3. The van der Waals surface area contributed by atoms with Gasteiger partial charge in [-0.1, -0.05) is 69.7 Å². The summed E-state index contributed by atoms with van der Waals surface area (Å²) in [7, 11) is 1.58. The third-order valence-corrected chi connectivity index (χ3v) is 7.01. The number of fused-ring (bicyclic) bond motifs is 1. The molecule has 5 rings (SSSR count). The highest BCUT2D eigenvalue weighted by atomic mass is 79.9. The van der Waals surface area contributed by atoms with Crippen LogP contribution in [0.15, 0.2) is 82.8 Å². The van der Waals surface area contributed by atoms with Gasteiger partial charge in [-0.05, 0) is 35.9 Å². The minimum Gasteiger partial charge on any atom is -0.507 e. The van der Waals surface area contributed by atoms with E-state index < -0.39 is 17.7 Å². The van der Waals surface area contributed by atoms with Crippen LogP contribution in [0.5, 0.6) is 5.75 Å². The molecule has 1 unspecified atom stereocenters. The zero-order valence-corrected chi connectivity index (χ0v) is 19.8. The van der Waals surface area contributed by atoms with E-state index in [0.717, 1.165) is 9.17 Å². The van der Waals surface area contributed by atoms with Crippen LogP contribution in [-0.4, -0.2) is 28.9 Å². The quantitative estimate of drug-likeness (QED) is 0.212. The van der Waals surface area contributed by atoms with Crippen molar-refractivity contribution in [2.75, 3.05) is 12.0 Å². The summed E-state index contributed by atoms with van der Waals surface area (Å²) in [6.45, 7) is 0. The number of methoxy groups -OCH3 is 1. The Bertz CT molecular complexity index is 1410. The first-order valence-electron chi connectivity index (χ1n) is 10.0. The Kier molecular flexibility index (Phi) is 5.47. The Morgan fingerprint density at radius 1 is 1.06 bits per heavy atom. The number of ketones is 1. The average molecular weight is 521 g/mol. The second kappa shape index (κ2) is 8.46. The van der Waals surface area contributed by atoms with Crippen LogP contribution < -0.4 is 9.64 Å². The predicted molar refractivity (Wildman–Crippen MR) is 132 cm³/mol. The summed E-state index contributed by atoms with van der Waals surface area (Å²) >= 11 is 4.71. The number of ether oxygens (including phenoxy) is 1. The average Bonchev–Trinajstić information content (AvgIpc) is 3.37. The summed E-state index contributed by atoms with van der Waals surface area (Å²) < 4.78 is 6.98. The highest BCUT2D eigenvalue weighted by Gasteiger charge is 2.48. The van der Waals surface area contributed by atoms with Gasteiger partial charge in [0.1, 0.15) is 11.5 Å². The van der Waals surface area contributed by atoms with Crippen molar-refractivity contribution in [3.63, 3.8) is 0 Å². The molecule has 1 saturated heterocycles. The van der Waals surface area contributed by atoms with Gasteiger partial charge in [-0.3, -0.25) is 14.5 Å². The predicted octanol–water partition coefficient (Wildman–Crippen LogP) is 5.69. The largest absolute Gasteiger partial charge is 0.507 e. The number of carbonyl (C=O) groups excluding carboxylic acids is 2. The molecule has 0 bridgehead atoms. The molecule has 33 heavy (non-hydrogen) atoms. The Balaban J connectivity index is 1.72. The summed E-state index contributed by atoms with van der Waals surface area (Å²) in [6.07, 6.45) is 0. The van der Waals surface area contributed by atoms with Crippen LogP contribution in [0.3, 0.4) is 0 Å². The first-order valence-corrected chi connectivity index (χ1v) is 11.7. The fourth-order valence-corrected chi connectivity index (χ4v) is 5.15. The molecule has 164 valence electrons. The van der Waals surface area contributed by atoms with Crippen molar-refractivity contribution in [3.05, 3.63) is 94.0 Å². The summed E-state index contributed by atoms with van der Waals surface area (Å²) in [5, 5.41) is 11.5. The van der Waals surface area contributed by atoms with Crippen LogP contribution in [0.4, 0.5) is 5.13 Å². The number of Topliss-reactive ketones (excluding diaryl/α,β-unsaturated/α-hetero) is 1. The molecule has 6 nitrogen and oxygen atoms in total. The van der Waals surface area contributed by atoms with E-state index in [9.17, 15) is 14.7 Å². The van der Waals surface area contributed by atoms with Gasteiger partial charge in [-0.15, -0.1) is 0 Å². The van der Waals surface area contributed by atoms with E-state index >= 15 is 0 Å². The molecule has 1 atom stereocenters. The number of amides is 1. The SMILES string of the molecule is COc1ccc2nc(N3C(=O)C(=O)/C(=C(/O)c4ccccc4)C3c3ccc(Br)cc3)sc2c1. The summed E-state index contributed by atoms with van der Waals surface area (Å²) in [4.78, 5) is 32.5. The Labute approximate surface area is 201 Å². The molecule has 1 aliphatic rings. The van der Waals surface area contributed by atoms with E-state index in [0.29, 0.717) is 27.5 Å². The zero-order chi connectivity index (χ0) is 23.1. The standard InChI is InChI=1S/C25H17BrN2O4S/c1-32-17-11-12-18-19(13-17)33-25(27-18)28-21(14-7-9-16(26)10-8-14)20(23(30)24(28)31)22(29)15-5-3-2-4-6-15/h2-13,21,29H,1H3/b22-20+. The molecule has 0 radical (unpaired) electrons. The van der Waals surface area contributed by atoms with Gasteiger partial charge >= 0.3 is 5.91 Å². The lowest BCUT2D eigenvalue weighted by molar-refractivity contribution is -0.132. The number of rotatable bonds is 4. The molecular weight excluding hydrogens is 504 g/mol. The maximum Gasteiger partial charge on any atom is 0.301 e. The minimum absolute atomic E-state index is 0.0327. The van der Waals surface area contributed by atoms with Crippen LogP contribution in [0.25, 0.3) is 16.0 Å². The Morgan fingerprint density at radius 2 is 1.79 bits per heavy atom. The van der Waals surface area contributed by atoms with Crippen molar-refractivity contribution in [2.45, 2.75) is 6.04 Å². The molecule has 1 amide bonds. The molecule has 0 saturated carbocycles. The highest BCUT2D eigenvalue weighted by molar-refractivity contribution is 9.10. The number of halogens is 1. The fourth-order valence-electron chi connectivity index (χ4n) is 3.86. The first-order chi connectivity index (χ1) is 16.0. The lowest BCUT2D eigenvalue weighted by Crippen LogP contribution is -2.29. The molecular formula is C25H17BrN2O4S. The molecule has 0 aliphatic carbocycles. The monoisotopic (exact) mass is 520 g/mol. The number of thiazole rings is 1. The molecule has 1 N–H and O–H groups in total. The van der Waals surface area contributed by atoms with Crippen molar-refractivity contribution < 1.29 is 19.4 Å². The minimum atomic E-state index is -0.819. The van der Waals surface area contributed by atoms with Gasteiger partial charge in [0.2, 0.25) is 0 Å². The fraction of sp³-hybridized carbons (Fsp3) is 0.0800. The van der Waals surface area contributed by atoms with E-state index in [-0.39, 0.29) is 11.3 Å². The van der Waals surface area contributed by atoms with E-state index in [1.165, 1.54) is 16.2 Å². The van der Waals surface area contributed by atoms with Crippen LogP contribution in [0.1, 0.15) is 17.2 Å². The highest BCUT2D eigenvalue weighted by Crippen LogP contribution is 2.44. The smallest absolute Gasteiger partial charge is 0.301 e. The molecule has 1 fully saturated rings. The number of aromatic nitrogens is 1. The van der Waals surface area contributed by atoms with Crippen LogP contribution in [-0.2, 0) is 9.59 Å². The molecule has 3 aromatic carbocycles. The van der Waals surface area contributed by atoms with E-state index in [1.807, 2.05) is 42.5 Å². The van der Waals surface area contributed by atoms with Crippen LogP contribution >= 0.6 is 27.3 Å². The Hall–Kier alpha value is -3.49. The molecule has 2 heterocycles. The number of hydrogen-bond donors (Lipinski definition) is 1. The van der Waals surface area contributed by atoms with Gasteiger partial charge < -0.3 is 9.84 Å². The van der Waals surface area contributed by atoms with Gasteiger partial charge in [-0.25, -0.2) is 4.98 Å². The first kappa shape index (κ1) is 21.4.